The van der Waals surface area contributed by atoms with Crippen LogP contribution in [0.15, 0.2) is 17.2 Å². The second-order valence-corrected chi connectivity index (χ2v) is 6.65. The van der Waals surface area contributed by atoms with Gasteiger partial charge in [-0.2, -0.15) is 0 Å². The number of aromatic nitrogens is 1. The first-order valence-corrected chi connectivity index (χ1v) is 7.76. The number of rotatable bonds is 7. The first kappa shape index (κ1) is 16.7. The Balaban J connectivity index is 3.01. The maximum atomic E-state index is 12.2. The highest BCUT2D eigenvalue weighted by Crippen LogP contribution is 2.15. The first-order valence-electron chi connectivity index (χ1n) is 6.28. The zero-order valence-corrected chi connectivity index (χ0v) is 12.9. The lowest BCUT2D eigenvalue weighted by atomic mass is 10.3. The largest absolute Gasteiger partial charge is 0.477 e. The summed E-state index contributed by atoms with van der Waals surface area (Å²) in [7, 11) is -0.0150. The van der Waals surface area contributed by atoms with Gasteiger partial charge in [-0.25, -0.2) is 17.9 Å². The Bertz CT molecular complexity index is 578. The number of sulfonamides is 1. The van der Waals surface area contributed by atoms with E-state index < -0.39 is 16.0 Å². The standard InChI is InChI=1S/C12H21N3O4S/c1-5-15-8-10(6-11(15)12(16)17)20(18,19)13-9(2)7-14(3)4/h6,8-9,13H,5,7H2,1-4H3,(H,16,17). The number of hydrogen-bond donors (Lipinski definition) is 2. The average molecular weight is 303 g/mol. The molecule has 1 heterocycles. The minimum absolute atomic E-state index is 0.0256. The summed E-state index contributed by atoms with van der Waals surface area (Å²) in [6.07, 6.45) is 1.34. The van der Waals surface area contributed by atoms with Gasteiger partial charge in [-0.3, -0.25) is 0 Å². The fraction of sp³-hybridized carbons (Fsp3) is 0.583. The minimum atomic E-state index is -3.71. The number of nitrogens with one attached hydrogen (secondary N) is 1. The molecule has 2 N–H and O–H groups in total. The molecule has 0 saturated carbocycles. The van der Waals surface area contributed by atoms with E-state index in [2.05, 4.69) is 4.72 Å². The molecule has 0 amide bonds. The number of hydrogen-bond acceptors (Lipinski definition) is 4. The molecule has 7 nitrogen and oxygen atoms in total. The van der Waals surface area contributed by atoms with Crippen molar-refractivity contribution in [3.63, 3.8) is 0 Å². The summed E-state index contributed by atoms with van der Waals surface area (Å²) in [4.78, 5) is 12.9. The maximum absolute atomic E-state index is 12.2. The van der Waals surface area contributed by atoms with E-state index in [-0.39, 0.29) is 16.6 Å². The summed E-state index contributed by atoms with van der Waals surface area (Å²) in [6.45, 7) is 4.46. The van der Waals surface area contributed by atoms with E-state index in [1.165, 1.54) is 16.8 Å². The first-order chi connectivity index (χ1) is 9.17. The van der Waals surface area contributed by atoms with Crippen LogP contribution in [-0.4, -0.2) is 55.6 Å². The van der Waals surface area contributed by atoms with Gasteiger partial charge in [-0.1, -0.05) is 0 Å². The van der Waals surface area contributed by atoms with E-state index in [1.807, 2.05) is 19.0 Å². The predicted octanol–water partition coefficient (Wildman–Crippen LogP) is 0.435. The van der Waals surface area contributed by atoms with Crippen molar-refractivity contribution in [2.75, 3.05) is 20.6 Å². The van der Waals surface area contributed by atoms with Gasteiger partial charge >= 0.3 is 5.97 Å². The van der Waals surface area contributed by atoms with E-state index in [9.17, 15) is 13.2 Å². The van der Waals surface area contributed by atoms with Gasteiger partial charge in [0.25, 0.3) is 0 Å². The predicted molar refractivity (Wildman–Crippen MR) is 75.4 cm³/mol. The summed E-state index contributed by atoms with van der Waals surface area (Å²) in [5.41, 5.74) is -0.0341. The van der Waals surface area contributed by atoms with Crippen molar-refractivity contribution in [2.45, 2.75) is 31.3 Å². The number of carboxylic acids is 1. The lowest BCUT2D eigenvalue weighted by molar-refractivity contribution is 0.0685. The van der Waals surface area contributed by atoms with Crippen molar-refractivity contribution >= 4 is 16.0 Å². The Morgan fingerprint density at radius 3 is 2.50 bits per heavy atom. The van der Waals surface area contributed by atoms with Crippen LogP contribution in [0.4, 0.5) is 0 Å². The molecule has 0 aromatic carbocycles. The molecule has 1 rings (SSSR count). The molecule has 0 radical (unpaired) electrons. The van der Waals surface area contributed by atoms with Crippen LogP contribution in [0, 0.1) is 0 Å². The third kappa shape index (κ3) is 4.06. The molecule has 0 aliphatic heterocycles. The number of likely N-dealkylation sites (N-methyl/N-ethyl adjacent to an activating group) is 1. The van der Waals surface area contributed by atoms with E-state index in [4.69, 9.17) is 5.11 Å². The third-order valence-electron chi connectivity index (χ3n) is 2.74. The van der Waals surface area contributed by atoms with E-state index in [0.29, 0.717) is 13.1 Å². The zero-order chi connectivity index (χ0) is 15.5. The molecule has 0 saturated heterocycles. The van der Waals surface area contributed by atoms with E-state index in [0.717, 1.165) is 0 Å². The van der Waals surface area contributed by atoms with Crippen molar-refractivity contribution < 1.29 is 18.3 Å². The number of carbonyl (C=O) groups is 1. The molecule has 1 unspecified atom stereocenters. The molecule has 0 bridgehead atoms. The Morgan fingerprint density at radius 2 is 2.10 bits per heavy atom. The van der Waals surface area contributed by atoms with Gasteiger partial charge in [0, 0.05) is 25.3 Å². The molecule has 0 aliphatic rings. The second-order valence-electron chi connectivity index (χ2n) is 4.94. The fourth-order valence-corrected chi connectivity index (χ4v) is 3.26. The fourth-order valence-electron chi connectivity index (χ4n) is 1.99. The number of aryl methyl sites for hydroxylation is 1. The highest BCUT2D eigenvalue weighted by Gasteiger charge is 2.22. The Hall–Kier alpha value is -1.38. The van der Waals surface area contributed by atoms with Crippen LogP contribution in [0.25, 0.3) is 0 Å². The van der Waals surface area contributed by atoms with Crippen molar-refractivity contribution in [3.05, 3.63) is 18.0 Å². The molecule has 8 heteroatoms. The number of aromatic carboxylic acids is 1. The molecule has 1 aromatic rings. The van der Waals surface area contributed by atoms with Crippen molar-refractivity contribution in [3.8, 4) is 0 Å². The van der Waals surface area contributed by atoms with Gasteiger partial charge < -0.3 is 14.6 Å². The van der Waals surface area contributed by atoms with Crippen LogP contribution < -0.4 is 4.72 Å². The third-order valence-corrected chi connectivity index (χ3v) is 4.29. The molecule has 0 spiro atoms. The lowest BCUT2D eigenvalue weighted by Gasteiger charge is -2.17. The normalized spacial score (nSPS) is 13.7. The van der Waals surface area contributed by atoms with Gasteiger partial charge in [0.15, 0.2) is 0 Å². The van der Waals surface area contributed by atoms with Gasteiger partial charge in [0.1, 0.15) is 10.6 Å². The summed E-state index contributed by atoms with van der Waals surface area (Å²) in [5.74, 6) is -1.14. The van der Waals surface area contributed by atoms with Gasteiger partial charge in [-0.15, -0.1) is 0 Å². The summed E-state index contributed by atoms with van der Waals surface area (Å²) in [6, 6.07) is 0.907. The van der Waals surface area contributed by atoms with Crippen LogP contribution in [-0.2, 0) is 16.6 Å². The average Bonchev–Trinajstić information content (AvgIpc) is 2.71. The van der Waals surface area contributed by atoms with Gasteiger partial charge in [-0.05, 0) is 34.0 Å². The minimum Gasteiger partial charge on any atom is -0.477 e. The van der Waals surface area contributed by atoms with E-state index >= 15 is 0 Å². The smallest absolute Gasteiger partial charge is 0.352 e. The zero-order valence-electron chi connectivity index (χ0n) is 12.1. The van der Waals surface area contributed by atoms with Gasteiger partial charge in [0.2, 0.25) is 10.0 Å². The molecule has 0 aliphatic carbocycles. The van der Waals surface area contributed by atoms with Crippen LogP contribution in [0.3, 0.4) is 0 Å². The highest BCUT2D eigenvalue weighted by molar-refractivity contribution is 7.89. The van der Waals surface area contributed by atoms with Crippen molar-refractivity contribution in [2.24, 2.45) is 0 Å². The number of nitrogens with zero attached hydrogens (tertiary/aromatic N) is 2. The maximum Gasteiger partial charge on any atom is 0.352 e. The summed E-state index contributed by atoms with van der Waals surface area (Å²) >= 11 is 0. The van der Waals surface area contributed by atoms with E-state index in [1.54, 1.807) is 13.8 Å². The Labute approximate surface area is 119 Å². The molecule has 20 heavy (non-hydrogen) atoms. The molecule has 0 fully saturated rings. The van der Waals surface area contributed by atoms with Crippen LogP contribution in [0.2, 0.25) is 0 Å². The van der Waals surface area contributed by atoms with Crippen LogP contribution in [0.1, 0.15) is 24.3 Å². The Kier molecular flexibility index (Phi) is 5.32. The molecule has 114 valence electrons. The van der Waals surface area contributed by atoms with Crippen molar-refractivity contribution in [1.29, 1.82) is 0 Å². The summed E-state index contributed by atoms with van der Waals surface area (Å²) in [5, 5.41) is 9.03. The number of carboxylic acid groups (broad SMARTS) is 1. The quantitative estimate of drug-likeness (QED) is 0.762. The monoisotopic (exact) mass is 303 g/mol. The molecular weight excluding hydrogens is 282 g/mol. The van der Waals surface area contributed by atoms with Gasteiger partial charge in [0.05, 0.1) is 0 Å². The molecule has 1 atom stereocenters. The molecule has 1 aromatic heterocycles. The highest BCUT2D eigenvalue weighted by atomic mass is 32.2. The van der Waals surface area contributed by atoms with Crippen LogP contribution >= 0.6 is 0 Å². The summed E-state index contributed by atoms with van der Waals surface area (Å²) < 4.78 is 28.3. The second kappa shape index (κ2) is 6.38. The Morgan fingerprint density at radius 1 is 1.50 bits per heavy atom. The molecular formula is C12H21N3O4S. The SMILES string of the molecule is CCn1cc(S(=O)(=O)NC(C)CN(C)C)cc1C(=O)O. The van der Waals surface area contributed by atoms with Crippen molar-refractivity contribution in [1.82, 2.24) is 14.2 Å². The lowest BCUT2D eigenvalue weighted by Crippen LogP contribution is -2.39. The van der Waals surface area contributed by atoms with Crippen LogP contribution in [0.5, 0.6) is 0 Å². The topological polar surface area (TPSA) is 91.6 Å².